The van der Waals surface area contributed by atoms with Crippen molar-refractivity contribution >= 4 is 27.6 Å². The summed E-state index contributed by atoms with van der Waals surface area (Å²) in [6.07, 6.45) is 7.10. The van der Waals surface area contributed by atoms with E-state index in [1.54, 1.807) is 28.0 Å². The van der Waals surface area contributed by atoms with Gasteiger partial charge in [0.15, 0.2) is 5.82 Å². The van der Waals surface area contributed by atoms with E-state index in [1.807, 2.05) is 74.8 Å². The number of rotatable bonds is 5. The van der Waals surface area contributed by atoms with E-state index in [4.69, 9.17) is 0 Å². The highest BCUT2D eigenvalue weighted by Crippen LogP contribution is 2.30. The fourth-order valence-corrected chi connectivity index (χ4v) is 4.60. The van der Waals surface area contributed by atoms with Crippen molar-refractivity contribution in [2.45, 2.75) is 13.0 Å². The number of hydrogen-bond donors (Lipinski definition) is 2. The molecule has 172 valence electrons. The van der Waals surface area contributed by atoms with Crippen LogP contribution in [0.5, 0.6) is 0 Å². The molecule has 2 N–H and O–H groups in total. The van der Waals surface area contributed by atoms with E-state index >= 15 is 0 Å². The lowest BCUT2D eigenvalue weighted by Crippen LogP contribution is -2.26. The molecule has 0 spiro atoms. The van der Waals surface area contributed by atoms with Crippen LogP contribution >= 0.6 is 0 Å². The SMILES string of the molecule is C[C@H](Nc1nccc2[nH]cnc12)c1cc2cccc(-c3cnn(C)c3)c2c(=O)n1-c1ccccc1. The molecule has 4 heterocycles. The van der Waals surface area contributed by atoms with Gasteiger partial charge in [0.1, 0.15) is 5.52 Å². The van der Waals surface area contributed by atoms with Crippen molar-refractivity contribution in [2.24, 2.45) is 7.05 Å². The topological polar surface area (TPSA) is 93.4 Å². The van der Waals surface area contributed by atoms with E-state index in [1.165, 1.54) is 0 Å². The van der Waals surface area contributed by atoms with E-state index < -0.39 is 0 Å². The van der Waals surface area contributed by atoms with Gasteiger partial charge in [-0.25, -0.2) is 9.97 Å². The summed E-state index contributed by atoms with van der Waals surface area (Å²) in [5.74, 6) is 0.660. The van der Waals surface area contributed by atoms with Crippen LogP contribution in [0, 0.1) is 0 Å². The second-order valence-corrected chi connectivity index (χ2v) is 8.54. The number of aryl methyl sites for hydroxylation is 1. The molecular formula is C27H23N7O. The lowest BCUT2D eigenvalue weighted by atomic mass is 9.99. The molecule has 0 aliphatic heterocycles. The molecule has 35 heavy (non-hydrogen) atoms. The van der Waals surface area contributed by atoms with E-state index in [9.17, 15) is 4.79 Å². The molecule has 8 nitrogen and oxygen atoms in total. The second kappa shape index (κ2) is 8.25. The van der Waals surface area contributed by atoms with Crippen LogP contribution in [0.1, 0.15) is 18.7 Å². The largest absolute Gasteiger partial charge is 0.360 e. The Balaban J connectivity index is 1.57. The molecule has 8 heteroatoms. The molecule has 0 saturated carbocycles. The van der Waals surface area contributed by atoms with E-state index in [0.717, 1.165) is 38.9 Å². The lowest BCUT2D eigenvalue weighted by molar-refractivity contribution is 0.768. The Hall–Kier alpha value is -4.72. The minimum Gasteiger partial charge on any atom is -0.360 e. The summed E-state index contributed by atoms with van der Waals surface area (Å²) in [6, 6.07) is 19.4. The van der Waals surface area contributed by atoms with Gasteiger partial charge in [-0.2, -0.15) is 5.10 Å². The van der Waals surface area contributed by atoms with Crippen molar-refractivity contribution in [3.63, 3.8) is 0 Å². The van der Waals surface area contributed by atoms with Gasteiger partial charge in [-0.05, 0) is 42.1 Å². The molecule has 0 aliphatic rings. The molecule has 0 saturated heterocycles. The Labute approximate surface area is 200 Å². The van der Waals surface area contributed by atoms with Gasteiger partial charge in [0.05, 0.1) is 29.5 Å². The van der Waals surface area contributed by atoms with Gasteiger partial charge in [0.2, 0.25) is 0 Å². The average molecular weight is 462 g/mol. The number of H-pyrrole nitrogens is 1. The van der Waals surface area contributed by atoms with Crippen molar-refractivity contribution in [3.05, 3.63) is 102 Å². The molecule has 0 amide bonds. The minimum absolute atomic E-state index is 0.0808. The lowest BCUT2D eigenvalue weighted by Gasteiger charge is -2.22. The first-order valence-corrected chi connectivity index (χ1v) is 11.4. The smallest absolute Gasteiger partial charge is 0.263 e. The van der Waals surface area contributed by atoms with Crippen LogP contribution in [0.25, 0.3) is 38.6 Å². The maximum atomic E-state index is 14.2. The molecule has 0 aliphatic carbocycles. The highest BCUT2D eigenvalue weighted by atomic mass is 16.1. The van der Waals surface area contributed by atoms with Crippen LogP contribution in [0.2, 0.25) is 0 Å². The number of para-hydroxylation sites is 1. The predicted molar refractivity (Wildman–Crippen MR) is 138 cm³/mol. The number of benzene rings is 2. The molecule has 4 aromatic heterocycles. The first kappa shape index (κ1) is 20.9. The average Bonchev–Trinajstić information content (AvgIpc) is 3.53. The summed E-state index contributed by atoms with van der Waals surface area (Å²) < 4.78 is 3.53. The first-order chi connectivity index (χ1) is 17.1. The summed E-state index contributed by atoms with van der Waals surface area (Å²) in [5.41, 5.74) is 4.97. The van der Waals surface area contributed by atoms with Gasteiger partial charge in [-0.15, -0.1) is 0 Å². The number of nitrogens with one attached hydrogen (secondary N) is 2. The highest BCUT2D eigenvalue weighted by Gasteiger charge is 2.20. The zero-order valence-electron chi connectivity index (χ0n) is 19.3. The summed E-state index contributed by atoms with van der Waals surface area (Å²) in [7, 11) is 1.87. The van der Waals surface area contributed by atoms with Crippen LogP contribution in [0.3, 0.4) is 0 Å². The molecule has 0 unspecified atom stereocenters. The Morgan fingerprint density at radius 3 is 2.69 bits per heavy atom. The standard InChI is InChI=1S/C27H23N7O/c1-17(32-26-25-22(11-12-28-26)29-16-30-25)23-13-18-7-6-10-21(19-14-31-33(2)15-19)24(18)27(35)34(23)20-8-4-3-5-9-20/h3-17H,1-2H3,(H,28,32)(H,29,30)/t17-/m0/s1. The predicted octanol–water partition coefficient (Wildman–Crippen LogP) is 4.84. The quantitative estimate of drug-likeness (QED) is 0.383. The zero-order chi connectivity index (χ0) is 23.9. The van der Waals surface area contributed by atoms with Gasteiger partial charge in [0.25, 0.3) is 5.56 Å². The summed E-state index contributed by atoms with van der Waals surface area (Å²) in [5, 5.41) is 9.31. The van der Waals surface area contributed by atoms with Crippen molar-refractivity contribution in [3.8, 4) is 16.8 Å². The van der Waals surface area contributed by atoms with Gasteiger partial charge >= 0.3 is 0 Å². The van der Waals surface area contributed by atoms with Crippen LogP contribution in [-0.4, -0.2) is 29.3 Å². The number of aromatic nitrogens is 6. The Bertz CT molecular complexity index is 1730. The van der Waals surface area contributed by atoms with Crippen molar-refractivity contribution in [1.29, 1.82) is 0 Å². The molecule has 0 bridgehead atoms. The van der Waals surface area contributed by atoms with Gasteiger partial charge in [0, 0.05) is 36.4 Å². The third kappa shape index (κ3) is 3.56. The summed E-state index contributed by atoms with van der Waals surface area (Å²) in [4.78, 5) is 26.2. The Kier molecular flexibility index (Phi) is 4.92. The Morgan fingerprint density at radius 2 is 1.89 bits per heavy atom. The molecular weight excluding hydrogens is 438 g/mol. The number of aromatic amines is 1. The van der Waals surface area contributed by atoms with Crippen molar-refractivity contribution in [2.75, 3.05) is 5.32 Å². The van der Waals surface area contributed by atoms with Gasteiger partial charge < -0.3 is 10.3 Å². The zero-order valence-corrected chi connectivity index (χ0v) is 19.3. The number of pyridine rings is 2. The van der Waals surface area contributed by atoms with Crippen LogP contribution in [0.4, 0.5) is 5.82 Å². The normalized spacial score (nSPS) is 12.3. The number of anilines is 1. The fraction of sp³-hybridized carbons (Fsp3) is 0.111. The number of imidazole rings is 1. The van der Waals surface area contributed by atoms with E-state index in [-0.39, 0.29) is 11.6 Å². The third-order valence-electron chi connectivity index (χ3n) is 6.24. The third-order valence-corrected chi connectivity index (χ3v) is 6.24. The first-order valence-electron chi connectivity index (χ1n) is 11.4. The monoisotopic (exact) mass is 461 g/mol. The molecule has 1 atom stereocenters. The van der Waals surface area contributed by atoms with Gasteiger partial charge in [-0.3, -0.25) is 14.0 Å². The number of hydrogen-bond acceptors (Lipinski definition) is 5. The van der Waals surface area contributed by atoms with Crippen LogP contribution in [0.15, 0.2) is 90.4 Å². The molecule has 0 fully saturated rings. The summed E-state index contributed by atoms with van der Waals surface area (Å²) >= 11 is 0. The molecule has 0 radical (unpaired) electrons. The maximum Gasteiger partial charge on any atom is 0.263 e. The van der Waals surface area contributed by atoms with Crippen LogP contribution < -0.4 is 10.9 Å². The molecule has 6 rings (SSSR count). The molecule has 2 aromatic carbocycles. The second-order valence-electron chi connectivity index (χ2n) is 8.54. The minimum atomic E-state index is -0.232. The van der Waals surface area contributed by atoms with Crippen molar-refractivity contribution in [1.82, 2.24) is 29.3 Å². The van der Waals surface area contributed by atoms with Crippen molar-refractivity contribution < 1.29 is 0 Å². The van der Waals surface area contributed by atoms with Gasteiger partial charge in [-0.1, -0.05) is 36.4 Å². The fourth-order valence-electron chi connectivity index (χ4n) is 4.60. The van der Waals surface area contributed by atoms with Crippen LogP contribution in [-0.2, 0) is 7.05 Å². The number of nitrogens with zero attached hydrogens (tertiary/aromatic N) is 5. The highest BCUT2D eigenvalue weighted by molar-refractivity contribution is 5.96. The maximum absolute atomic E-state index is 14.2. The van der Waals surface area contributed by atoms with E-state index in [2.05, 4.69) is 31.4 Å². The number of fused-ring (bicyclic) bond motifs is 2. The molecule has 6 aromatic rings. The van der Waals surface area contributed by atoms with E-state index in [0.29, 0.717) is 11.2 Å². The summed E-state index contributed by atoms with van der Waals surface area (Å²) in [6.45, 7) is 2.03. The Morgan fingerprint density at radius 1 is 1.03 bits per heavy atom.